The maximum atomic E-state index is 10.9. The predicted octanol–water partition coefficient (Wildman–Crippen LogP) is 1.98. The van der Waals surface area contributed by atoms with Gasteiger partial charge in [-0.15, -0.1) is 11.3 Å². The van der Waals surface area contributed by atoms with Gasteiger partial charge in [0.25, 0.3) is 0 Å². The summed E-state index contributed by atoms with van der Waals surface area (Å²) in [6.45, 7) is 4.17. The monoisotopic (exact) mass is 199 g/mol. The van der Waals surface area contributed by atoms with Crippen LogP contribution in [0.25, 0.3) is 0 Å². The number of hydrogen-bond donors (Lipinski definition) is 0. The van der Waals surface area contributed by atoms with E-state index >= 15 is 0 Å². The fraction of sp³-hybridized carbons (Fsp3) is 0.556. The summed E-state index contributed by atoms with van der Waals surface area (Å²) in [4.78, 5) is 15.2. The highest BCUT2D eigenvalue weighted by molar-refractivity contribution is 7.09. The highest BCUT2D eigenvalue weighted by atomic mass is 32.1. The van der Waals surface area contributed by atoms with Gasteiger partial charge in [0.15, 0.2) is 0 Å². The molecule has 0 aliphatic heterocycles. The van der Waals surface area contributed by atoms with E-state index in [9.17, 15) is 4.79 Å². The van der Waals surface area contributed by atoms with Crippen LogP contribution in [-0.4, -0.2) is 18.1 Å². The Kier molecular flexibility index (Phi) is 3.42. The van der Waals surface area contributed by atoms with Crippen LogP contribution in [0.4, 0.5) is 0 Å². The molecular formula is C9H13NO2S. The normalized spacial score (nSPS) is 10.5. The molecule has 0 saturated carbocycles. The molecule has 0 atom stereocenters. The summed E-state index contributed by atoms with van der Waals surface area (Å²) in [5.74, 6) is 0.192. The molecule has 1 heterocycles. The summed E-state index contributed by atoms with van der Waals surface area (Å²) in [6.07, 6.45) is 0.277. The molecule has 1 rings (SSSR count). The molecular weight excluding hydrogens is 186 g/mol. The minimum absolute atomic E-state index is 0.236. The molecule has 0 saturated heterocycles. The summed E-state index contributed by atoms with van der Waals surface area (Å²) in [6, 6.07) is 0. The van der Waals surface area contributed by atoms with Crippen LogP contribution in [0.3, 0.4) is 0 Å². The lowest BCUT2D eigenvalue weighted by Gasteiger charge is -1.97. The lowest BCUT2D eigenvalue weighted by molar-refractivity contribution is -0.139. The third kappa shape index (κ3) is 2.81. The summed E-state index contributed by atoms with van der Waals surface area (Å²) < 4.78 is 4.55. The third-order valence-electron chi connectivity index (χ3n) is 1.62. The maximum absolute atomic E-state index is 10.9. The number of carbonyl (C=O) groups is 1. The van der Waals surface area contributed by atoms with Gasteiger partial charge in [-0.25, -0.2) is 4.98 Å². The average molecular weight is 199 g/mol. The van der Waals surface area contributed by atoms with Gasteiger partial charge in [0.2, 0.25) is 0 Å². The van der Waals surface area contributed by atoms with E-state index in [1.807, 2.05) is 5.38 Å². The number of methoxy groups -OCH3 is 1. The van der Waals surface area contributed by atoms with Crippen molar-refractivity contribution in [2.24, 2.45) is 0 Å². The van der Waals surface area contributed by atoms with Crippen molar-refractivity contribution in [3.8, 4) is 0 Å². The van der Waals surface area contributed by atoms with Gasteiger partial charge >= 0.3 is 5.97 Å². The molecule has 72 valence electrons. The van der Waals surface area contributed by atoms with Gasteiger partial charge in [-0.05, 0) is 0 Å². The topological polar surface area (TPSA) is 39.2 Å². The minimum atomic E-state index is -0.236. The van der Waals surface area contributed by atoms with Gasteiger partial charge < -0.3 is 4.74 Å². The molecule has 0 N–H and O–H groups in total. The smallest absolute Gasteiger partial charge is 0.311 e. The van der Waals surface area contributed by atoms with Crippen molar-refractivity contribution in [2.45, 2.75) is 26.2 Å². The third-order valence-corrected chi connectivity index (χ3v) is 2.81. The molecule has 4 heteroatoms. The highest BCUT2D eigenvalue weighted by Crippen LogP contribution is 2.19. The van der Waals surface area contributed by atoms with Crippen molar-refractivity contribution in [3.63, 3.8) is 0 Å². The zero-order valence-electron chi connectivity index (χ0n) is 8.03. The number of rotatable bonds is 3. The SMILES string of the molecule is COC(=O)Cc1csc(C(C)C)n1. The molecule has 13 heavy (non-hydrogen) atoms. The second-order valence-electron chi connectivity index (χ2n) is 3.08. The Bertz CT molecular complexity index is 294. The Morgan fingerprint density at radius 2 is 2.38 bits per heavy atom. The molecule has 0 aliphatic rings. The molecule has 0 amide bonds. The van der Waals surface area contributed by atoms with Crippen molar-refractivity contribution in [1.82, 2.24) is 4.98 Å². The van der Waals surface area contributed by atoms with Gasteiger partial charge in [0.1, 0.15) is 0 Å². The standard InChI is InChI=1S/C9H13NO2S/c1-6(2)9-10-7(5-13-9)4-8(11)12-3/h5-6H,4H2,1-3H3. The number of aromatic nitrogens is 1. The van der Waals surface area contributed by atoms with Crippen molar-refractivity contribution in [1.29, 1.82) is 0 Å². The average Bonchev–Trinajstić information content (AvgIpc) is 2.52. The highest BCUT2D eigenvalue weighted by Gasteiger charge is 2.09. The van der Waals surface area contributed by atoms with Crippen LogP contribution in [-0.2, 0) is 16.0 Å². The van der Waals surface area contributed by atoms with Crippen LogP contribution >= 0.6 is 11.3 Å². The summed E-state index contributed by atoms with van der Waals surface area (Å²) in [5.41, 5.74) is 0.806. The summed E-state index contributed by atoms with van der Waals surface area (Å²) >= 11 is 1.59. The van der Waals surface area contributed by atoms with Crippen LogP contribution in [0.2, 0.25) is 0 Å². The van der Waals surface area contributed by atoms with Crippen molar-refractivity contribution < 1.29 is 9.53 Å². The lowest BCUT2D eigenvalue weighted by atomic mass is 10.2. The van der Waals surface area contributed by atoms with E-state index in [2.05, 4.69) is 23.6 Å². The number of carbonyl (C=O) groups excluding carboxylic acids is 1. The van der Waals surface area contributed by atoms with E-state index in [0.29, 0.717) is 5.92 Å². The number of hydrogen-bond acceptors (Lipinski definition) is 4. The van der Waals surface area contributed by atoms with Gasteiger partial charge in [0, 0.05) is 11.3 Å². The largest absolute Gasteiger partial charge is 0.469 e. The van der Waals surface area contributed by atoms with Gasteiger partial charge in [-0.1, -0.05) is 13.8 Å². The van der Waals surface area contributed by atoms with Crippen molar-refractivity contribution >= 4 is 17.3 Å². The van der Waals surface area contributed by atoms with Crippen LogP contribution < -0.4 is 0 Å². The molecule has 0 aromatic carbocycles. The Morgan fingerprint density at radius 1 is 1.69 bits per heavy atom. The molecule has 1 aromatic heterocycles. The first-order valence-corrected chi connectivity index (χ1v) is 5.02. The first kappa shape index (κ1) is 10.2. The van der Waals surface area contributed by atoms with Gasteiger partial charge in [-0.2, -0.15) is 0 Å². The first-order valence-electron chi connectivity index (χ1n) is 4.14. The molecule has 0 bridgehead atoms. The minimum Gasteiger partial charge on any atom is -0.469 e. The quantitative estimate of drug-likeness (QED) is 0.699. The summed E-state index contributed by atoms with van der Waals surface area (Å²) in [7, 11) is 1.39. The molecule has 0 aliphatic carbocycles. The Balaban J connectivity index is 2.64. The second-order valence-corrected chi connectivity index (χ2v) is 3.97. The van der Waals surface area contributed by atoms with E-state index in [0.717, 1.165) is 10.7 Å². The van der Waals surface area contributed by atoms with Crippen LogP contribution in [0.15, 0.2) is 5.38 Å². The maximum Gasteiger partial charge on any atom is 0.311 e. The zero-order valence-corrected chi connectivity index (χ0v) is 8.85. The van der Waals surface area contributed by atoms with E-state index in [4.69, 9.17) is 0 Å². The molecule has 0 spiro atoms. The van der Waals surface area contributed by atoms with E-state index in [1.165, 1.54) is 7.11 Å². The number of esters is 1. The Hall–Kier alpha value is -0.900. The molecule has 0 fully saturated rings. The molecule has 3 nitrogen and oxygen atoms in total. The molecule has 0 radical (unpaired) electrons. The van der Waals surface area contributed by atoms with Crippen molar-refractivity contribution in [3.05, 3.63) is 16.1 Å². The number of nitrogens with zero attached hydrogens (tertiary/aromatic N) is 1. The van der Waals surface area contributed by atoms with E-state index in [-0.39, 0.29) is 12.4 Å². The first-order chi connectivity index (χ1) is 6.13. The zero-order chi connectivity index (χ0) is 9.84. The lowest BCUT2D eigenvalue weighted by Crippen LogP contribution is -2.04. The van der Waals surface area contributed by atoms with Crippen LogP contribution in [0, 0.1) is 0 Å². The van der Waals surface area contributed by atoms with Crippen LogP contribution in [0.1, 0.15) is 30.5 Å². The fourth-order valence-corrected chi connectivity index (χ4v) is 1.72. The van der Waals surface area contributed by atoms with Crippen LogP contribution in [0.5, 0.6) is 0 Å². The van der Waals surface area contributed by atoms with Gasteiger partial charge in [0.05, 0.1) is 24.2 Å². The Morgan fingerprint density at radius 3 is 2.85 bits per heavy atom. The number of ether oxygens (including phenoxy) is 1. The molecule has 1 aromatic rings. The van der Waals surface area contributed by atoms with Gasteiger partial charge in [-0.3, -0.25) is 4.79 Å². The second kappa shape index (κ2) is 4.37. The number of thiazole rings is 1. The summed E-state index contributed by atoms with van der Waals surface area (Å²) in [5, 5.41) is 2.98. The van der Waals surface area contributed by atoms with E-state index < -0.39 is 0 Å². The van der Waals surface area contributed by atoms with E-state index in [1.54, 1.807) is 11.3 Å². The van der Waals surface area contributed by atoms with Crippen molar-refractivity contribution in [2.75, 3.05) is 7.11 Å². The molecule has 0 unspecified atom stereocenters. The fourth-order valence-electron chi connectivity index (χ4n) is 0.889. The predicted molar refractivity (Wildman–Crippen MR) is 51.9 cm³/mol. The Labute approximate surface area is 81.8 Å².